The van der Waals surface area contributed by atoms with E-state index in [1.54, 1.807) is 0 Å². The van der Waals surface area contributed by atoms with Crippen molar-refractivity contribution in [3.05, 3.63) is 29.8 Å². The SMILES string of the molecule is COC(CNS(=O)(=O)c1ccc(F)c(F)c1)CC(=O)O. The second kappa shape index (κ2) is 6.73. The summed E-state index contributed by atoms with van der Waals surface area (Å²) in [6.07, 6.45) is -1.26. The van der Waals surface area contributed by atoms with E-state index in [4.69, 9.17) is 9.84 Å². The first-order valence-corrected chi connectivity index (χ1v) is 6.94. The smallest absolute Gasteiger partial charge is 0.306 e. The predicted molar refractivity (Wildman–Crippen MR) is 64.6 cm³/mol. The molecule has 0 aromatic heterocycles. The summed E-state index contributed by atoms with van der Waals surface area (Å²) in [7, 11) is -2.83. The third kappa shape index (κ3) is 4.51. The molecule has 0 bridgehead atoms. The minimum Gasteiger partial charge on any atom is -0.481 e. The Labute approximate surface area is 114 Å². The summed E-state index contributed by atoms with van der Waals surface area (Å²) < 4.78 is 56.2. The molecule has 20 heavy (non-hydrogen) atoms. The number of nitrogens with one attached hydrogen (secondary N) is 1. The van der Waals surface area contributed by atoms with Crippen molar-refractivity contribution in [2.45, 2.75) is 17.4 Å². The topological polar surface area (TPSA) is 92.7 Å². The molecule has 0 spiro atoms. The van der Waals surface area contributed by atoms with Gasteiger partial charge in [0, 0.05) is 13.7 Å². The molecular weight excluding hydrogens is 296 g/mol. The fraction of sp³-hybridized carbons (Fsp3) is 0.364. The van der Waals surface area contributed by atoms with E-state index >= 15 is 0 Å². The summed E-state index contributed by atoms with van der Waals surface area (Å²) in [5, 5.41) is 8.58. The molecule has 112 valence electrons. The van der Waals surface area contributed by atoms with Crippen LogP contribution in [0.3, 0.4) is 0 Å². The number of carboxylic acids is 1. The highest BCUT2D eigenvalue weighted by atomic mass is 32.2. The van der Waals surface area contributed by atoms with E-state index in [9.17, 15) is 22.0 Å². The molecule has 1 unspecified atom stereocenters. The van der Waals surface area contributed by atoms with Gasteiger partial charge in [0.05, 0.1) is 17.4 Å². The monoisotopic (exact) mass is 309 g/mol. The van der Waals surface area contributed by atoms with Crippen LogP contribution in [0, 0.1) is 11.6 Å². The minimum absolute atomic E-state index is 0.301. The summed E-state index contributed by atoms with van der Waals surface area (Å²) in [5.74, 6) is -3.60. The van der Waals surface area contributed by atoms with Crippen LogP contribution < -0.4 is 4.72 Å². The first-order chi connectivity index (χ1) is 9.26. The molecule has 0 aliphatic heterocycles. The number of benzene rings is 1. The fourth-order valence-corrected chi connectivity index (χ4v) is 2.44. The lowest BCUT2D eigenvalue weighted by atomic mass is 10.2. The Morgan fingerprint density at radius 2 is 2.05 bits per heavy atom. The van der Waals surface area contributed by atoms with E-state index in [1.807, 2.05) is 0 Å². The molecule has 9 heteroatoms. The number of carbonyl (C=O) groups is 1. The third-order valence-corrected chi connectivity index (χ3v) is 3.86. The number of ether oxygens (including phenoxy) is 1. The number of hydrogen-bond donors (Lipinski definition) is 2. The van der Waals surface area contributed by atoms with Crippen LogP contribution in [0.15, 0.2) is 23.1 Å². The van der Waals surface area contributed by atoms with Crippen LogP contribution >= 0.6 is 0 Å². The summed E-state index contributed by atoms with van der Waals surface area (Å²) in [6.45, 7) is -0.301. The number of aliphatic carboxylic acids is 1. The first kappa shape index (κ1) is 16.5. The fourth-order valence-electron chi connectivity index (χ4n) is 1.36. The maximum absolute atomic E-state index is 13.0. The molecule has 0 radical (unpaired) electrons. The van der Waals surface area contributed by atoms with E-state index < -0.39 is 45.0 Å². The second-order valence-electron chi connectivity index (χ2n) is 3.88. The van der Waals surface area contributed by atoms with Crippen LogP contribution in [-0.4, -0.2) is 39.3 Å². The molecule has 1 atom stereocenters. The molecule has 6 nitrogen and oxygen atoms in total. The standard InChI is InChI=1S/C11H13F2NO5S/c1-19-7(4-11(15)16)6-14-20(17,18)8-2-3-9(12)10(13)5-8/h2-3,5,7,14H,4,6H2,1H3,(H,15,16). The highest BCUT2D eigenvalue weighted by Crippen LogP contribution is 2.13. The largest absolute Gasteiger partial charge is 0.481 e. The maximum atomic E-state index is 13.0. The van der Waals surface area contributed by atoms with Gasteiger partial charge in [-0.15, -0.1) is 0 Å². The Bertz CT molecular complexity index is 590. The Morgan fingerprint density at radius 1 is 1.40 bits per heavy atom. The molecule has 0 aliphatic rings. The molecule has 0 aliphatic carbocycles. The lowest BCUT2D eigenvalue weighted by Gasteiger charge is -2.14. The average Bonchev–Trinajstić information content (AvgIpc) is 2.37. The molecule has 0 fully saturated rings. The Morgan fingerprint density at radius 3 is 2.55 bits per heavy atom. The van der Waals surface area contributed by atoms with Gasteiger partial charge in [-0.05, 0) is 18.2 Å². The van der Waals surface area contributed by atoms with Crippen molar-refractivity contribution in [1.82, 2.24) is 4.72 Å². The summed E-state index contributed by atoms with van der Waals surface area (Å²) >= 11 is 0. The minimum atomic E-state index is -4.07. The third-order valence-electron chi connectivity index (χ3n) is 2.44. The predicted octanol–water partition coefficient (Wildman–Crippen LogP) is 0.733. The van der Waals surface area contributed by atoms with E-state index in [-0.39, 0.29) is 6.54 Å². The average molecular weight is 309 g/mol. The molecule has 1 rings (SSSR count). The van der Waals surface area contributed by atoms with Crippen molar-refractivity contribution in [2.75, 3.05) is 13.7 Å². The quantitative estimate of drug-likeness (QED) is 0.774. The number of methoxy groups -OCH3 is 1. The maximum Gasteiger partial charge on any atom is 0.306 e. The van der Waals surface area contributed by atoms with Gasteiger partial charge in [-0.25, -0.2) is 21.9 Å². The number of halogens is 2. The van der Waals surface area contributed by atoms with Crippen LogP contribution in [0.25, 0.3) is 0 Å². The van der Waals surface area contributed by atoms with Crippen LogP contribution in [0.4, 0.5) is 8.78 Å². The molecule has 1 aromatic rings. The molecule has 0 saturated heterocycles. The van der Waals surface area contributed by atoms with Gasteiger partial charge in [0.15, 0.2) is 11.6 Å². The van der Waals surface area contributed by atoms with Crippen molar-refractivity contribution in [2.24, 2.45) is 0 Å². The van der Waals surface area contributed by atoms with Crippen molar-refractivity contribution < 1.29 is 31.8 Å². The van der Waals surface area contributed by atoms with Gasteiger partial charge in [-0.2, -0.15) is 0 Å². The normalized spacial score (nSPS) is 13.2. The van der Waals surface area contributed by atoms with E-state index in [0.29, 0.717) is 12.1 Å². The molecule has 1 aromatic carbocycles. The van der Waals surface area contributed by atoms with Crippen LogP contribution in [0.2, 0.25) is 0 Å². The molecule has 0 amide bonds. The Kier molecular flexibility index (Phi) is 5.54. The highest BCUT2D eigenvalue weighted by Gasteiger charge is 2.19. The summed E-state index contributed by atoms with van der Waals surface area (Å²) in [5.41, 5.74) is 0. The van der Waals surface area contributed by atoms with Crippen LogP contribution in [0.5, 0.6) is 0 Å². The number of carboxylic acid groups (broad SMARTS) is 1. The Balaban J connectivity index is 2.79. The molecule has 2 N–H and O–H groups in total. The zero-order chi connectivity index (χ0) is 15.3. The van der Waals surface area contributed by atoms with Gasteiger partial charge < -0.3 is 9.84 Å². The lowest BCUT2D eigenvalue weighted by molar-refractivity contribution is -0.139. The van der Waals surface area contributed by atoms with Crippen molar-refractivity contribution in [3.63, 3.8) is 0 Å². The van der Waals surface area contributed by atoms with E-state index in [2.05, 4.69) is 4.72 Å². The number of rotatable bonds is 7. The van der Waals surface area contributed by atoms with Gasteiger partial charge >= 0.3 is 5.97 Å². The molecule has 0 heterocycles. The molecule has 0 saturated carbocycles. The van der Waals surface area contributed by atoms with Crippen molar-refractivity contribution >= 4 is 16.0 Å². The number of hydrogen-bond acceptors (Lipinski definition) is 4. The van der Waals surface area contributed by atoms with Gasteiger partial charge in [-0.3, -0.25) is 4.79 Å². The van der Waals surface area contributed by atoms with Crippen molar-refractivity contribution in [3.8, 4) is 0 Å². The second-order valence-corrected chi connectivity index (χ2v) is 5.65. The van der Waals surface area contributed by atoms with Gasteiger partial charge in [0.1, 0.15) is 0 Å². The summed E-state index contributed by atoms with van der Waals surface area (Å²) in [4.78, 5) is 10.0. The van der Waals surface area contributed by atoms with Gasteiger partial charge in [0.2, 0.25) is 10.0 Å². The zero-order valence-electron chi connectivity index (χ0n) is 10.5. The van der Waals surface area contributed by atoms with Crippen LogP contribution in [-0.2, 0) is 19.6 Å². The van der Waals surface area contributed by atoms with Gasteiger partial charge in [0.25, 0.3) is 0 Å². The zero-order valence-corrected chi connectivity index (χ0v) is 11.3. The lowest BCUT2D eigenvalue weighted by Crippen LogP contribution is -2.34. The first-order valence-electron chi connectivity index (χ1n) is 5.45. The van der Waals surface area contributed by atoms with E-state index in [1.165, 1.54) is 7.11 Å². The van der Waals surface area contributed by atoms with Gasteiger partial charge in [-0.1, -0.05) is 0 Å². The summed E-state index contributed by atoms with van der Waals surface area (Å²) in [6, 6.07) is 2.13. The van der Waals surface area contributed by atoms with Crippen molar-refractivity contribution in [1.29, 1.82) is 0 Å². The van der Waals surface area contributed by atoms with Crippen LogP contribution in [0.1, 0.15) is 6.42 Å². The molecular formula is C11H13F2NO5S. The number of sulfonamides is 1. The highest BCUT2D eigenvalue weighted by molar-refractivity contribution is 7.89. The Hall–Kier alpha value is -1.58. The van der Waals surface area contributed by atoms with E-state index in [0.717, 1.165) is 6.07 Å².